The second kappa shape index (κ2) is 11.4. The molecule has 2 rings (SSSR count). The van der Waals surface area contributed by atoms with Crippen LogP contribution in [0.2, 0.25) is 10.6 Å². The lowest BCUT2D eigenvalue weighted by atomic mass is 10.2. The van der Waals surface area contributed by atoms with Crippen LogP contribution in [0.4, 0.5) is 11.4 Å². The Kier molecular flexibility index (Phi) is 9.12. The summed E-state index contributed by atoms with van der Waals surface area (Å²) < 4.78 is 6.69. The Morgan fingerprint density at radius 2 is 1.24 bits per heavy atom. The Hall–Kier alpha value is -1.27. The van der Waals surface area contributed by atoms with Gasteiger partial charge < -0.3 is 8.69 Å². The first-order valence-corrected chi connectivity index (χ1v) is 11.9. The van der Waals surface area contributed by atoms with Gasteiger partial charge in [-0.15, -0.1) is 0 Å². The molecular formula is C22H32AlNO. The van der Waals surface area contributed by atoms with Crippen molar-refractivity contribution in [2.75, 3.05) is 4.90 Å². The van der Waals surface area contributed by atoms with Gasteiger partial charge in [-0.1, -0.05) is 86.5 Å². The molecule has 0 saturated carbocycles. The molecule has 1 unspecified atom stereocenters. The second-order valence-corrected chi connectivity index (χ2v) is 9.35. The Morgan fingerprint density at radius 1 is 0.800 bits per heavy atom. The van der Waals surface area contributed by atoms with Gasteiger partial charge in [-0.2, -0.15) is 0 Å². The highest BCUT2D eigenvalue weighted by atomic mass is 27.2. The predicted molar refractivity (Wildman–Crippen MR) is 111 cm³/mol. The summed E-state index contributed by atoms with van der Waals surface area (Å²) >= 11 is -1.17. The van der Waals surface area contributed by atoms with Crippen molar-refractivity contribution in [2.24, 2.45) is 0 Å². The number of hydrogen-bond donors (Lipinski definition) is 0. The lowest BCUT2D eigenvalue weighted by Crippen LogP contribution is -2.36. The molecule has 0 saturated heterocycles. The summed E-state index contributed by atoms with van der Waals surface area (Å²) in [5, 5.41) is 2.58. The average Bonchev–Trinajstić information content (AvgIpc) is 2.66. The molecule has 0 aliphatic carbocycles. The molecule has 3 heteroatoms. The first-order chi connectivity index (χ1) is 12.3. The van der Waals surface area contributed by atoms with Crippen LogP contribution in [0.1, 0.15) is 46.5 Å². The fourth-order valence-electron chi connectivity index (χ4n) is 3.23. The van der Waals surface area contributed by atoms with Gasteiger partial charge >= 0.3 is 14.5 Å². The van der Waals surface area contributed by atoms with Crippen LogP contribution in [0.3, 0.4) is 0 Å². The Morgan fingerprint density at radius 3 is 1.64 bits per heavy atom. The maximum absolute atomic E-state index is 6.69. The second-order valence-electron chi connectivity index (χ2n) is 6.68. The van der Waals surface area contributed by atoms with Gasteiger partial charge in [0, 0.05) is 11.4 Å². The first-order valence-electron chi connectivity index (χ1n) is 9.81. The summed E-state index contributed by atoms with van der Waals surface area (Å²) in [7, 11) is 0. The summed E-state index contributed by atoms with van der Waals surface area (Å²) in [5.74, 6) is 0. The van der Waals surface area contributed by atoms with Gasteiger partial charge in [0.2, 0.25) is 0 Å². The summed E-state index contributed by atoms with van der Waals surface area (Å²) in [6, 6.07) is 21.2. The van der Waals surface area contributed by atoms with Crippen molar-refractivity contribution in [2.45, 2.75) is 63.2 Å². The third-order valence-electron chi connectivity index (χ3n) is 4.58. The molecule has 0 heterocycles. The molecule has 0 aliphatic heterocycles. The third-order valence-corrected chi connectivity index (χ3v) is 7.46. The molecule has 1 atom stereocenters. The van der Waals surface area contributed by atoms with E-state index in [0.717, 1.165) is 0 Å². The Balaban J connectivity index is 2.17. The van der Waals surface area contributed by atoms with Gasteiger partial charge in [0.15, 0.2) is 0 Å². The number of rotatable bonds is 11. The van der Waals surface area contributed by atoms with Crippen molar-refractivity contribution in [1.29, 1.82) is 0 Å². The summed E-state index contributed by atoms with van der Waals surface area (Å²) in [6.45, 7) is 6.75. The molecule has 0 bridgehead atoms. The fraction of sp³-hybridized carbons (Fsp3) is 0.455. The average molecular weight is 353 g/mol. The minimum atomic E-state index is -1.17. The lowest BCUT2D eigenvalue weighted by Gasteiger charge is -2.34. The molecule has 2 aromatic rings. The zero-order chi connectivity index (χ0) is 17.9. The minimum absolute atomic E-state index is 0.0650. The lowest BCUT2D eigenvalue weighted by molar-refractivity contribution is 0.225. The van der Waals surface area contributed by atoms with Crippen LogP contribution in [-0.4, -0.2) is 20.7 Å². The van der Waals surface area contributed by atoms with Crippen LogP contribution in [0.15, 0.2) is 60.7 Å². The smallest absolute Gasteiger partial charge is 0.462 e. The molecule has 0 aliphatic rings. The van der Waals surface area contributed by atoms with E-state index in [2.05, 4.69) is 86.3 Å². The molecule has 0 fully saturated rings. The van der Waals surface area contributed by atoms with Gasteiger partial charge in [0.05, 0.1) is 0 Å². The highest BCUT2D eigenvalue weighted by molar-refractivity contribution is 6.51. The molecule has 0 spiro atoms. The quantitative estimate of drug-likeness (QED) is 0.326. The molecular weight excluding hydrogens is 321 g/mol. The van der Waals surface area contributed by atoms with E-state index in [9.17, 15) is 0 Å². The molecule has 0 amide bonds. The van der Waals surface area contributed by atoms with Crippen LogP contribution >= 0.6 is 0 Å². The van der Waals surface area contributed by atoms with Crippen LogP contribution in [0, 0.1) is 0 Å². The molecule has 2 aromatic carbocycles. The molecule has 0 N–H and O–H groups in total. The van der Waals surface area contributed by atoms with Crippen molar-refractivity contribution in [1.82, 2.24) is 0 Å². The van der Waals surface area contributed by atoms with Crippen LogP contribution in [-0.2, 0) is 3.79 Å². The van der Waals surface area contributed by atoms with E-state index in [0.29, 0.717) is 0 Å². The van der Waals surface area contributed by atoms with Gasteiger partial charge in [-0.3, -0.25) is 0 Å². The fourth-order valence-corrected chi connectivity index (χ4v) is 6.20. The van der Waals surface area contributed by atoms with E-state index in [1.165, 1.54) is 47.6 Å². The van der Waals surface area contributed by atoms with E-state index in [-0.39, 0.29) is 6.23 Å². The molecule has 2 nitrogen and oxygen atoms in total. The minimum Gasteiger partial charge on any atom is -0.482 e. The predicted octanol–water partition coefficient (Wildman–Crippen LogP) is 6.78. The Bertz CT molecular complexity index is 528. The van der Waals surface area contributed by atoms with Crippen molar-refractivity contribution < 1.29 is 3.79 Å². The standard InChI is InChI=1S/C14H14NO.2C4H9.Al/c1-12(16)15(13-8-4-2-5-9-13)14-10-6-3-7-11-14;2*1-3-4-2;/h2-12H,1H3;2*1,3-4H2,2H3;/q-1;;;+1. The number of benzene rings is 2. The van der Waals surface area contributed by atoms with Crippen LogP contribution < -0.4 is 4.90 Å². The normalized spacial score (nSPS) is 12.0. The van der Waals surface area contributed by atoms with Gasteiger partial charge in [0.25, 0.3) is 0 Å². The number of hydrogen-bond acceptors (Lipinski definition) is 2. The van der Waals surface area contributed by atoms with Crippen LogP contribution in [0.25, 0.3) is 0 Å². The van der Waals surface area contributed by atoms with Crippen molar-refractivity contribution in [3.63, 3.8) is 0 Å². The SMILES string of the molecule is CCC[CH2][Al]([CH2]CCC)[O]C(C)N(c1ccccc1)c1ccccc1. The highest BCUT2D eigenvalue weighted by Crippen LogP contribution is 2.29. The number of para-hydroxylation sites is 2. The van der Waals surface area contributed by atoms with Crippen molar-refractivity contribution in [3.05, 3.63) is 60.7 Å². The topological polar surface area (TPSA) is 12.5 Å². The van der Waals surface area contributed by atoms with Crippen LogP contribution in [0.5, 0.6) is 0 Å². The number of nitrogens with zero attached hydrogens (tertiary/aromatic N) is 1. The zero-order valence-electron chi connectivity index (χ0n) is 16.0. The van der Waals surface area contributed by atoms with E-state index < -0.39 is 14.5 Å². The largest absolute Gasteiger partial charge is 0.482 e. The third kappa shape index (κ3) is 6.51. The Labute approximate surface area is 158 Å². The molecule has 134 valence electrons. The monoisotopic (exact) mass is 353 g/mol. The number of anilines is 2. The van der Waals surface area contributed by atoms with Crippen molar-refractivity contribution >= 4 is 25.9 Å². The summed E-state index contributed by atoms with van der Waals surface area (Å²) in [6.07, 6.45) is 5.17. The molecule has 0 radical (unpaired) electrons. The molecule has 0 aromatic heterocycles. The van der Waals surface area contributed by atoms with E-state index >= 15 is 0 Å². The van der Waals surface area contributed by atoms with Gasteiger partial charge in [-0.05, 0) is 31.2 Å². The highest BCUT2D eigenvalue weighted by Gasteiger charge is 2.25. The first kappa shape index (κ1) is 20.0. The molecule has 25 heavy (non-hydrogen) atoms. The summed E-state index contributed by atoms with van der Waals surface area (Å²) in [5.41, 5.74) is 2.39. The van der Waals surface area contributed by atoms with Gasteiger partial charge in [0.1, 0.15) is 6.23 Å². The van der Waals surface area contributed by atoms with E-state index in [4.69, 9.17) is 3.79 Å². The van der Waals surface area contributed by atoms with Gasteiger partial charge in [-0.25, -0.2) is 0 Å². The van der Waals surface area contributed by atoms with Crippen molar-refractivity contribution in [3.8, 4) is 0 Å². The maximum Gasteiger partial charge on any atom is 0.462 e. The zero-order valence-corrected chi connectivity index (χ0v) is 17.2. The maximum atomic E-state index is 6.69. The number of unbranched alkanes of at least 4 members (excludes halogenated alkanes) is 2. The van der Waals surface area contributed by atoms with E-state index in [1.807, 2.05) is 0 Å². The van der Waals surface area contributed by atoms with E-state index in [1.54, 1.807) is 0 Å². The summed E-state index contributed by atoms with van der Waals surface area (Å²) in [4.78, 5) is 2.33.